The number of para-hydroxylation sites is 4. The SMILES string of the molecule is N#Cc1ccc2c(c1)c1ccccc1n2-c1ccccc1-c1cccc(-c2cc(-n3c4ccccc4c4ccccc43)ccc2C#N)c1. The Labute approximate surface area is 277 Å². The Morgan fingerprint density at radius 3 is 1.67 bits per heavy atom. The van der Waals surface area contributed by atoms with E-state index in [0.29, 0.717) is 11.1 Å². The second-order valence-electron chi connectivity index (χ2n) is 12.0. The molecule has 0 unspecified atom stereocenters. The van der Waals surface area contributed by atoms with Gasteiger partial charge in [0.15, 0.2) is 0 Å². The van der Waals surface area contributed by atoms with Crippen LogP contribution < -0.4 is 0 Å². The zero-order chi connectivity index (χ0) is 32.2. The highest BCUT2D eigenvalue weighted by atomic mass is 15.0. The monoisotopic (exact) mass is 610 g/mol. The fourth-order valence-corrected chi connectivity index (χ4v) is 7.28. The predicted molar refractivity (Wildman–Crippen MR) is 195 cm³/mol. The lowest BCUT2D eigenvalue weighted by atomic mass is 9.95. The Bertz CT molecular complexity index is 2760. The van der Waals surface area contributed by atoms with Crippen LogP contribution in [-0.2, 0) is 0 Å². The highest BCUT2D eigenvalue weighted by Crippen LogP contribution is 2.39. The number of aromatic nitrogens is 2. The van der Waals surface area contributed by atoms with E-state index in [9.17, 15) is 10.5 Å². The van der Waals surface area contributed by atoms with Crippen LogP contribution in [0.5, 0.6) is 0 Å². The molecule has 0 amide bonds. The van der Waals surface area contributed by atoms with Crippen molar-refractivity contribution in [2.45, 2.75) is 0 Å². The molecule has 4 heteroatoms. The maximum absolute atomic E-state index is 10.3. The van der Waals surface area contributed by atoms with Crippen molar-refractivity contribution in [1.82, 2.24) is 9.13 Å². The van der Waals surface area contributed by atoms with Crippen molar-refractivity contribution in [3.05, 3.63) is 169 Å². The van der Waals surface area contributed by atoms with Gasteiger partial charge in [-0.05, 0) is 77.9 Å². The maximum Gasteiger partial charge on any atom is 0.0998 e. The largest absolute Gasteiger partial charge is 0.309 e. The molecule has 0 N–H and O–H groups in total. The molecule has 7 aromatic carbocycles. The quantitative estimate of drug-likeness (QED) is 0.199. The van der Waals surface area contributed by atoms with Gasteiger partial charge in [-0.25, -0.2) is 0 Å². The van der Waals surface area contributed by atoms with Gasteiger partial charge in [0.2, 0.25) is 0 Å². The van der Waals surface area contributed by atoms with Crippen molar-refractivity contribution in [3.63, 3.8) is 0 Å². The van der Waals surface area contributed by atoms with E-state index >= 15 is 0 Å². The van der Waals surface area contributed by atoms with Crippen LogP contribution in [-0.4, -0.2) is 9.13 Å². The lowest BCUT2D eigenvalue weighted by Crippen LogP contribution is -1.98. The average Bonchev–Trinajstić information content (AvgIpc) is 3.67. The third-order valence-electron chi connectivity index (χ3n) is 9.39. The van der Waals surface area contributed by atoms with Crippen molar-refractivity contribution < 1.29 is 0 Å². The van der Waals surface area contributed by atoms with E-state index < -0.39 is 0 Å². The van der Waals surface area contributed by atoms with Gasteiger partial charge in [0.25, 0.3) is 0 Å². The van der Waals surface area contributed by atoms with E-state index in [2.05, 4.69) is 143 Å². The van der Waals surface area contributed by atoms with Crippen LogP contribution in [0.25, 0.3) is 77.2 Å². The minimum Gasteiger partial charge on any atom is -0.309 e. The zero-order valence-corrected chi connectivity index (χ0v) is 25.8. The normalized spacial score (nSPS) is 11.3. The molecule has 9 rings (SSSR count). The summed E-state index contributed by atoms with van der Waals surface area (Å²) >= 11 is 0. The highest BCUT2D eigenvalue weighted by molar-refractivity contribution is 6.11. The van der Waals surface area contributed by atoms with E-state index in [1.54, 1.807) is 0 Å². The highest BCUT2D eigenvalue weighted by Gasteiger charge is 2.18. The van der Waals surface area contributed by atoms with E-state index in [-0.39, 0.29) is 0 Å². The van der Waals surface area contributed by atoms with Crippen LogP contribution in [0.15, 0.2) is 158 Å². The summed E-state index contributed by atoms with van der Waals surface area (Å²) in [5.74, 6) is 0. The summed E-state index contributed by atoms with van der Waals surface area (Å²) in [6, 6.07) is 59.0. The van der Waals surface area contributed by atoms with Crippen LogP contribution in [0, 0.1) is 22.7 Å². The van der Waals surface area contributed by atoms with E-state index in [0.717, 1.165) is 66.5 Å². The second-order valence-corrected chi connectivity index (χ2v) is 12.0. The molecule has 0 atom stereocenters. The summed E-state index contributed by atoms with van der Waals surface area (Å²) in [6.07, 6.45) is 0. The average molecular weight is 611 g/mol. The number of hydrogen-bond acceptors (Lipinski definition) is 2. The molecule has 9 aromatic rings. The molecule has 0 radical (unpaired) electrons. The zero-order valence-electron chi connectivity index (χ0n) is 25.8. The second kappa shape index (κ2) is 10.9. The lowest BCUT2D eigenvalue weighted by Gasteiger charge is -2.16. The maximum atomic E-state index is 10.3. The van der Waals surface area contributed by atoms with Gasteiger partial charge in [0.05, 0.1) is 51.0 Å². The van der Waals surface area contributed by atoms with Gasteiger partial charge in [-0.2, -0.15) is 10.5 Å². The predicted octanol–water partition coefficient (Wildman–Crippen LogP) is 11.0. The third kappa shape index (κ3) is 4.14. The van der Waals surface area contributed by atoms with Crippen LogP contribution in [0.1, 0.15) is 11.1 Å². The first kappa shape index (κ1) is 27.4. The molecule has 0 saturated carbocycles. The molecule has 2 aromatic heterocycles. The number of rotatable bonds is 4. The van der Waals surface area contributed by atoms with Gasteiger partial charge in [0, 0.05) is 38.4 Å². The lowest BCUT2D eigenvalue weighted by molar-refractivity contribution is 1.18. The third-order valence-corrected chi connectivity index (χ3v) is 9.39. The summed E-state index contributed by atoms with van der Waals surface area (Å²) in [6.45, 7) is 0. The Balaban J connectivity index is 1.23. The fourth-order valence-electron chi connectivity index (χ4n) is 7.28. The molecule has 0 aliphatic carbocycles. The van der Waals surface area contributed by atoms with Gasteiger partial charge in [-0.3, -0.25) is 0 Å². The van der Waals surface area contributed by atoms with Gasteiger partial charge in [0.1, 0.15) is 0 Å². The van der Waals surface area contributed by atoms with Crippen LogP contribution in [0.3, 0.4) is 0 Å². The first-order valence-corrected chi connectivity index (χ1v) is 15.9. The summed E-state index contributed by atoms with van der Waals surface area (Å²) in [4.78, 5) is 0. The van der Waals surface area contributed by atoms with Crippen molar-refractivity contribution in [1.29, 1.82) is 10.5 Å². The summed E-state index contributed by atoms with van der Waals surface area (Å²) in [5.41, 5.74) is 11.7. The van der Waals surface area contributed by atoms with Crippen LogP contribution >= 0.6 is 0 Å². The van der Waals surface area contributed by atoms with E-state index in [1.165, 1.54) is 10.8 Å². The smallest absolute Gasteiger partial charge is 0.0998 e. The summed E-state index contributed by atoms with van der Waals surface area (Å²) < 4.78 is 4.58. The van der Waals surface area contributed by atoms with Gasteiger partial charge in [-0.1, -0.05) is 91.0 Å². The Morgan fingerprint density at radius 2 is 0.979 bits per heavy atom. The topological polar surface area (TPSA) is 57.4 Å². The number of hydrogen-bond donors (Lipinski definition) is 0. The number of benzene rings is 7. The minimum absolute atomic E-state index is 0.626. The van der Waals surface area contributed by atoms with Gasteiger partial charge < -0.3 is 9.13 Å². The van der Waals surface area contributed by atoms with Crippen LogP contribution in [0.2, 0.25) is 0 Å². The first-order chi connectivity index (χ1) is 23.7. The van der Waals surface area contributed by atoms with E-state index in [4.69, 9.17) is 0 Å². The van der Waals surface area contributed by atoms with Crippen molar-refractivity contribution >= 4 is 43.6 Å². The first-order valence-electron chi connectivity index (χ1n) is 15.9. The fraction of sp³-hybridized carbons (Fsp3) is 0. The molecular formula is C44H26N4. The summed E-state index contributed by atoms with van der Waals surface area (Å²) in [7, 11) is 0. The Kier molecular flexibility index (Phi) is 6.22. The van der Waals surface area contributed by atoms with Crippen LogP contribution in [0.4, 0.5) is 0 Å². The number of nitrogens with zero attached hydrogens (tertiary/aromatic N) is 4. The Morgan fingerprint density at radius 1 is 0.396 bits per heavy atom. The Hall–Kier alpha value is -6.88. The number of fused-ring (bicyclic) bond motifs is 6. The van der Waals surface area contributed by atoms with Crippen molar-refractivity contribution in [3.8, 4) is 45.8 Å². The molecule has 0 saturated heterocycles. The molecule has 0 aliphatic rings. The molecule has 0 bridgehead atoms. The van der Waals surface area contributed by atoms with E-state index in [1.807, 2.05) is 36.4 Å². The molecule has 0 spiro atoms. The molecule has 48 heavy (non-hydrogen) atoms. The molecule has 4 nitrogen and oxygen atoms in total. The van der Waals surface area contributed by atoms with Gasteiger partial charge in [-0.15, -0.1) is 0 Å². The molecule has 2 heterocycles. The minimum atomic E-state index is 0.626. The molecule has 222 valence electrons. The van der Waals surface area contributed by atoms with Gasteiger partial charge >= 0.3 is 0 Å². The van der Waals surface area contributed by atoms with Crippen molar-refractivity contribution in [2.24, 2.45) is 0 Å². The molecular weight excluding hydrogens is 585 g/mol. The summed E-state index contributed by atoms with van der Waals surface area (Å²) in [5, 5.41) is 24.4. The standard InChI is InChI=1S/C44H26N4/c45-27-29-20-23-44-39(24-29)37-15-4-8-19-43(37)48(44)40-16-5-1-12-34(40)30-10-9-11-31(25-30)38-26-33(22-21-32(38)28-46)47-41-17-6-2-13-35(41)36-14-3-7-18-42(36)47/h1-26H. The number of nitriles is 2. The molecule has 0 fully saturated rings. The molecule has 0 aliphatic heterocycles. The van der Waals surface area contributed by atoms with Crippen molar-refractivity contribution in [2.75, 3.05) is 0 Å².